The maximum absolute atomic E-state index is 13.0. The summed E-state index contributed by atoms with van der Waals surface area (Å²) in [4.78, 5) is 42.4. The highest BCUT2D eigenvalue weighted by Crippen LogP contribution is 2.21. The molecule has 0 radical (unpaired) electrons. The van der Waals surface area contributed by atoms with E-state index in [2.05, 4.69) is 0 Å². The second-order valence-corrected chi connectivity index (χ2v) is 8.00. The molecule has 1 aliphatic heterocycles. The molecule has 0 aromatic heterocycles. The summed E-state index contributed by atoms with van der Waals surface area (Å²) in [5.74, 6) is -0.967. The van der Waals surface area contributed by atoms with Gasteiger partial charge in [0, 0.05) is 13.6 Å². The molecule has 1 saturated heterocycles. The van der Waals surface area contributed by atoms with Crippen molar-refractivity contribution in [1.82, 2.24) is 14.7 Å². The van der Waals surface area contributed by atoms with Gasteiger partial charge in [0.1, 0.15) is 5.60 Å². The highest BCUT2D eigenvalue weighted by Gasteiger charge is 2.46. The van der Waals surface area contributed by atoms with Gasteiger partial charge in [0.15, 0.2) is 6.04 Å². The lowest BCUT2D eigenvalue weighted by Crippen LogP contribution is -2.52. The number of esters is 1. The van der Waals surface area contributed by atoms with Crippen molar-refractivity contribution in [3.63, 3.8) is 0 Å². The van der Waals surface area contributed by atoms with Crippen LogP contribution in [0.2, 0.25) is 0 Å². The summed E-state index contributed by atoms with van der Waals surface area (Å²) in [5, 5.41) is 0. The Kier molecular flexibility index (Phi) is 6.26. The fourth-order valence-corrected chi connectivity index (χ4v) is 2.93. The van der Waals surface area contributed by atoms with Gasteiger partial charge in [0.25, 0.3) is 0 Å². The summed E-state index contributed by atoms with van der Waals surface area (Å²) in [5.41, 5.74) is 0.374. The first-order chi connectivity index (χ1) is 12.5. The molecule has 2 atom stereocenters. The van der Waals surface area contributed by atoms with Crippen molar-refractivity contribution in [2.45, 2.75) is 51.9 Å². The fraction of sp³-hybridized carbons (Fsp3) is 0.550. The van der Waals surface area contributed by atoms with Crippen LogP contribution in [0.3, 0.4) is 0 Å². The summed E-state index contributed by atoms with van der Waals surface area (Å²) in [6.07, 6.45) is 0. The minimum absolute atomic E-state index is 0.134. The minimum Gasteiger partial charge on any atom is -0.458 e. The van der Waals surface area contributed by atoms with Gasteiger partial charge in [0.2, 0.25) is 5.91 Å². The third kappa shape index (κ3) is 5.07. The quantitative estimate of drug-likeness (QED) is 0.737. The zero-order valence-corrected chi connectivity index (χ0v) is 16.9. The highest BCUT2D eigenvalue weighted by atomic mass is 16.6. The molecule has 1 aliphatic rings. The molecule has 148 valence electrons. The number of amides is 3. The largest absolute Gasteiger partial charge is 0.458 e. The van der Waals surface area contributed by atoms with Crippen molar-refractivity contribution >= 4 is 17.9 Å². The molecule has 27 heavy (non-hydrogen) atoms. The number of carbonyl (C=O) groups is 3. The molecule has 1 aromatic carbocycles. The molecule has 0 spiro atoms. The Morgan fingerprint density at radius 1 is 1.26 bits per heavy atom. The second-order valence-electron chi connectivity index (χ2n) is 8.00. The monoisotopic (exact) mass is 375 g/mol. The predicted molar refractivity (Wildman–Crippen MR) is 102 cm³/mol. The van der Waals surface area contributed by atoms with E-state index in [1.807, 2.05) is 42.3 Å². The standard InChI is InChI=1S/C20H29N3O4/c1-14(21(5)12-15-10-8-7-9-11-15)17(24)23-16(13-22(6)19(23)26)18(25)27-20(2,3)4/h7-11,14,16H,12-13H2,1-6H3/t14-,16+/m1/s1. The minimum atomic E-state index is -0.929. The van der Waals surface area contributed by atoms with Gasteiger partial charge < -0.3 is 9.64 Å². The number of carbonyl (C=O) groups excluding carboxylic acids is 3. The first kappa shape index (κ1) is 20.9. The zero-order chi connectivity index (χ0) is 20.4. The molecule has 0 N–H and O–H groups in total. The summed E-state index contributed by atoms with van der Waals surface area (Å²) in [7, 11) is 3.40. The second kappa shape index (κ2) is 8.08. The van der Waals surface area contributed by atoms with Crippen LogP contribution in [0.25, 0.3) is 0 Å². The number of benzene rings is 1. The van der Waals surface area contributed by atoms with E-state index >= 15 is 0 Å². The number of ether oxygens (including phenoxy) is 1. The van der Waals surface area contributed by atoms with Gasteiger partial charge in [-0.05, 0) is 40.3 Å². The number of likely N-dealkylation sites (N-methyl/N-ethyl adjacent to an activating group) is 2. The molecule has 3 amide bonds. The number of rotatable bonds is 5. The van der Waals surface area contributed by atoms with Crippen molar-refractivity contribution in [2.24, 2.45) is 0 Å². The van der Waals surface area contributed by atoms with E-state index in [0.29, 0.717) is 6.54 Å². The van der Waals surface area contributed by atoms with Crippen molar-refractivity contribution in [3.05, 3.63) is 35.9 Å². The van der Waals surface area contributed by atoms with E-state index in [1.54, 1.807) is 34.7 Å². The molecule has 1 fully saturated rings. The number of imide groups is 1. The maximum atomic E-state index is 13.0. The fourth-order valence-electron chi connectivity index (χ4n) is 2.93. The van der Waals surface area contributed by atoms with Crippen LogP contribution in [0.4, 0.5) is 4.79 Å². The van der Waals surface area contributed by atoms with E-state index < -0.39 is 35.6 Å². The Bertz CT molecular complexity index is 699. The molecule has 2 rings (SSSR count). The molecule has 0 aliphatic carbocycles. The molecule has 7 heteroatoms. The Labute approximate surface area is 160 Å². The van der Waals surface area contributed by atoms with Crippen molar-refractivity contribution in [2.75, 3.05) is 20.6 Å². The van der Waals surface area contributed by atoms with E-state index in [9.17, 15) is 14.4 Å². The molecule has 1 aromatic rings. The van der Waals surface area contributed by atoms with Crippen LogP contribution < -0.4 is 0 Å². The van der Waals surface area contributed by atoms with Crippen molar-refractivity contribution in [1.29, 1.82) is 0 Å². The molecule has 0 bridgehead atoms. The van der Waals surface area contributed by atoms with Crippen LogP contribution in [0.15, 0.2) is 30.3 Å². The van der Waals surface area contributed by atoms with Gasteiger partial charge in [0.05, 0.1) is 12.6 Å². The summed E-state index contributed by atoms with van der Waals surface area (Å²) in [6.45, 7) is 7.70. The van der Waals surface area contributed by atoms with Crippen molar-refractivity contribution in [3.8, 4) is 0 Å². The highest BCUT2D eigenvalue weighted by molar-refractivity contribution is 6.03. The van der Waals surface area contributed by atoms with Crippen LogP contribution in [0, 0.1) is 0 Å². The lowest BCUT2D eigenvalue weighted by atomic mass is 10.1. The Morgan fingerprint density at radius 2 is 1.85 bits per heavy atom. The average Bonchev–Trinajstić information content (AvgIpc) is 2.88. The SMILES string of the molecule is C[C@H](C(=O)N1C(=O)N(C)C[C@H]1C(=O)OC(C)(C)C)N(C)Cc1ccccc1. The topological polar surface area (TPSA) is 70.2 Å². The van der Waals surface area contributed by atoms with E-state index in [4.69, 9.17) is 4.74 Å². The molecule has 0 saturated carbocycles. The van der Waals surface area contributed by atoms with Crippen molar-refractivity contribution < 1.29 is 19.1 Å². The maximum Gasteiger partial charge on any atom is 0.331 e. The van der Waals surface area contributed by atoms with Gasteiger partial charge in [-0.2, -0.15) is 0 Å². The van der Waals surface area contributed by atoms with Crippen LogP contribution >= 0.6 is 0 Å². The van der Waals surface area contributed by atoms with Gasteiger partial charge in [-0.1, -0.05) is 30.3 Å². The Balaban J connectivity index is 2.15. The Morgan fingerprint density at radius 3 is 2.41 bits per heavy atom. The van der Waals surface area contributed by atoms with Gasteiger partial charge in [-0.15, -0.1) is 0 Å². The number of hydrogen-bond donors (Lipinski definition) is 0. The van der Waals surface area contributed by atoms with Crippen LogP contribution in [0.1, 0.15) is 33.3 Å². The molecule has 1 heterocycles. The van der Waals surface area contributed by atoms with Gasteiger partial charge in [-0.3, -0.25) is 9.69 Å². The summed E-state index contributed by atoms with van der Waals surface area (Å²) in [6, 6.07) is 7.80. The lowest BCUT2D eigenvalue weighted by molar-refractivity contribution is -0.162. The summed E-state index contributed by atoms with van der Waals surface area (Å²) < 4.78 is 5.41. The molecular formula is C20H29N3O4. The number of urea groups is 1. The van der Waals surface area contributed by atoms with Crippen LogP contribution in [-0.4, -0.2) is 70.9 Å². The van der Waals surface area contributed by atoms with Gasteiger partial charge in [-0.25, -0.2) is 14.5 Å². The van der Waals surface area contributed by atoms with Crippen LogP contribution in [-0.2, 0) is 20.9 Å². The predicted octanol–water partition coefficient (Wildman–Crippen LogP) is 2.11. The number of nitrogens with zero attached hydrogens (tertiary/aromatic N) is 3. The summed E-state index contributed by atoms with van der Waals surface area (Å²) >= 11 is 0. The average molecular weight is 375 g/mol. The first-order valence-electron chi connectivity index (χ1n) is 9.06. The van der Waals surface area contributed by atoms with Crippen LogP contribution in [0.5, 0.6) is 0 Å². The number of hydrogen-bond acceptors (Lipinski definition) is 5. The van der Waals surface area contributed by atoms with E-state index in [1.165, 1.54) is 4.90 Å². The lowest BCUT2D eigenvalue weighted by Gasteiger charge is -2.30. The van der Waals surface area contributed by atoms with E-state index in [-0.39, 0.29) is 6.54 Å². The van der Waals surface area contributed by atoms with E-state index in [0.717, 1.165) is 10.5 Å². The first-order valence-corrected chi connectivity index (χ1v) is 9.06. The normalized spacial score (nSPS) is 18.8. The third-order valence-electron chi connectivity index (χ3n) is 4.50. The Hall–Kier alpha value is -2.41. The third-order valence-corrected chi connectivity index (χ3v) is 4.50. The zero-order valence-electron chi connectivity index (χ0n) is 16.9. The molecular weight excluding hydrogens is 346 g/mol. The smallest absolute Gasteiger partial charge is 0.331 e. The van der Waals surface area contributed by atoms with Gasteiger partial charge >= 0.3 is 12.0 Å². The molecule has 7 nitrogen and oxygen atoms in total. The molecule has 0 unspecified atom stereocenters.